The summed E-state index contributed by atoms with van der Waals surface area (Å²) in [5, 5.41) is 4.40. The molecule has 25 heavy (non-hydrogen) atoms. The summed E-state index contributed by atoms with van der Waals surface area (Å²) in [5.41, 5.74) is 1.38. The lowest BCUT2D eigenvalue weighted by Gasteiger charge is -2.42. The van der Waals surface area contributed by atoms with Crippen molar-refractivity contribution >= 4 is 0 Å². The van der Waals surface area contributed by atoms with Crippen LogP contribution in [0.2, 0.25) is 0 Å². The van der Waals surface area contributed by atoms with Crippen molar-refractivity contribution in [1.29, 1.82) is 0 Å². The molecule has 4 rings (SSSR count). The van der Waals surface area contributed by atoms with Crippen molar-refractivity contribution in [1.82, 2.24) is 24.5 Å². The van der Waals surface area contributed by atoms with Crippen LogP contribution in [0.1, 0.15) is 24.8 Å². The van der Waals surface area contributed by atoms with Crippen molar-refractivity contribution in [2.45, 2.75) is 43.8 Å². The van der Waals surface area contributed by atoms with Gasteiger partial charge in [0, 0.05) is 77.3 Å². The smallest absolute Gasteiger partial charge is 0.0522 e. The van der Waals surface area contributed by atoms with Gasteiger partial charge in [0.25, 0.3) is 0 Å². The Hall–Kier alpha value is -0.950. The van der Waals surface area contributed by atoms with Crippen LogP contribution < -0.4 is 0 Å². The van der Waals surface area contributed by atoms with E-state index in [1.807, 2.05) is 11.7 Å². The number of aromatic nitrogens is 2. The van der Waals surface area contributed by atoms with Crippen molar-refractivity contribution in [2.75, 3.05) is 53.0 Å². The third kappa shape index (κ3) is 3.92. The molecular formula is C19H33N5O. The maximum atomic E-state index is 5.62. The van der Waals surface area contributed by atoms with E-state index in [9.17, 15) is 0 Å². The number of hydrogen-bond acceptors (Lipinski definition) is 5. The Morgan fingerprint density at radius 2 is 1.80 bits per heavy atom. The number of aryl methyl sites for hydroxylation is 1. The van der Waals surface area contributed by atoms with E-state index < -0.39 is 0 Å². The monoisotopic (exact) mass is 347 g/mol. The first-order valence-electron chi connectivity index (χ1n) is 9.94. The lowest BCUT2D eigenvalue weighted by Crippen LogP contribution is -2.55. The highest BCUT2D eigenvalue weighted by Gasteiger charge is 2.41. The van der Waals surface area contributed by atoms with E-state index in [1.165, 1.54) is 57.5 Å². The van der Waals surface area contributed by atoms with Gasteiger partial charge in [-0.3, -0.25) is 14.5 Å². The van der Waals surface area contributed by atoms with Crippen LogP contribution in [0.3, 0.4) is 0 Å². The SMILES string of the molecule is CN1CCN([C@@H]2CCN(C3CCOCC3)[C@H]2Cc2cnn(C)c2)CC1. The van der Waals surface area contributed by atoms with E-state index in [0.29, 0.717) is 18.1 Å². The molecule has 0 N–H and O–H groups in total. The molecule has 140 valence electrons. The third-order valence-electron chi connectivity index (χ3n) is 6.42. The van der Waals surface area contributed by atoms with Gasteiger partial charge in [0.15, 0.2) is 0 Å². The summed E-state index contributed by atoms with van der Waals surface area (Å²) in [6.45, 7) is 7.94. The molecule has 0 aliphatic carbocycles. The first-order chi connectivity index (χ1) is 12.2. The lowest BCUT2D eigenvalue weighted by molar-refractivity contribution is 0.0171. The molecule has 3 aliphatic rings. The van der Waals surface area contributed by atoms with Gasteiger partial charge in [0.1, 0.15) is 0 Å². The number of rotatable bonds is 4. The van der Waals surface area contributed by atoms with E-state index in [2.05, 4.69) is 39.2 Å². The highest BCUT2D eigenvalue weighted by Crippen LogP contribution is 2.31. The van der Waals surface area contributed by atoms with E-state index in [0.717, 1.165) is 19.6 Å². The summed E-state index contributed by atoms with van der Waals surface area (Å²) >= 11 is 0. The molecule has 0 saturated carbocycles. The van der Waals surface area contributed by atoms with Crippen molar-refractivity contribution in [3.63, 3.8) is 0 Å². The van der Waals surface area contributed by atoms with Crippen LogP contribution in [-0.2, 0) is 18.2 Å². The van der Waals surface area contributed by atoms with Crippen molar-refractivity contribution < 1.29 is 4.74 Å². The minimum absolute atomic E-state index is 0.621. The van der Waals surface area contributed by atoms with Crippen LogP contribution in [0.4, 0.5) is 0 Å². The Morgan fingerprint density at radius 1 is 1.04 bits per heavy atom. The molecule has 3 fully saturated rings. The van der Waals surface area contributed by atoms with E-state index in [1.54, 1.807) is 0 Å². The van der Waals surface area contributed by atoms with Gasteiger partial charge in [0.2, 0.25) is 0 Å². The largest absolute Gasteiger partial charge is 0.381 e. The van der Waals surface area contributed by atoms with Gasteiger partial charge in [-0.15, -0.1) is 0 Å². The highest BCUT2D eigenvalue weighted by molar-refractivity contribution is 5.10. The van der Waals surface area contributed by atoms with Gasteiger partial charge < -0.3 is 9.64 Å². The van der Waals surface area contributed by atoms with Crippen molar-refractivity contribution in [2.24, 2.45) is 7.05 Å². The Bertz CT molecular complexity index is 548. The Balaban J connectivity index is 1.50. The quantitative estimate of drug-likeness (QED) is 0.806. The molecule has 0 spiro atoms. The number of likely N-dealkylation sites (tertiary alicyclic amines) is 1. The fraction of sp³-hybridized carbons (Fsp3) is 0.842. The molecule has 2 atom stereocenters. The molecule has 4 heterocycles. The first kappa shape index (κ1) is 17.5. The molecule has 0 bridgehead atoms. The molecule has 0 aromatic carbocycles. The zero-order chi connectivity index (χ0) is 17.2. The number of hydrogen-bond donors (Lipinski definition) is 0. The fourth-order valence-electron chi connectivity index (χ4n) is 4.98. The van der Waals surface area contributed by atoms with Crippen LogP contribution >= 0.6 is 0 Å². The van der Waals surface area contributed by atoms with Crippen LogP contribution in [0.5, 0.6) is 0 Å². The van der Waals surface area contributed by atoms with Crippen molar-refractivity contribution in [3.8, 4) is 0 Å². The number of nitrogens with zero attached hydrogens (tertiary/aromatic N) is 5. The summed E-state index contributed by atoms with van der Waals surface area (Å²) in [7, 11) is 4.26. The first-order valence-corrected chi connectivity index (χ1v) is 9.94. The minimum atomic E-state index is 0.621. The second-order valence-electron chi connectivity index (χ2n) is 8.07. The van der Waals surface area contributed by atoms with Gasteiger partial charge in [0.05, 0.1) is 6.20 Å². The van der Waals surface area contributed by atoms with E-state index in [-0.39, 0.29) is 0 Å². The van der Waals surface area contributed by atoms with Crippen LogP contribution in [0.25, 0.3) is 0 Å². The molecular weight excluding hydrogens is 314 g/mol. The molecule has 6 heteroatoms. The molecule has 3 aliphatic heterocycles. The molecule has 6 nitrogen and oxygen atoms in total. The molecule has 0 amide bonds. The van der Waals surface area contributed by atoms with Crippen LogP contribution in [0.15, 0.2) is 12.4 Å². The van der Waals surface area contributed by atoms with Crippen molar-refractivity contribution in [3.05, 3.63) is 18.0 Å². The second-order valence-corrected chi connectivity index (χ2v) is 8.07. The maximum Gasteiger partial charge on any atom is 0.0522 e. The molecule has 0 unspecified atom stereocenters. The van der Waals surface area contributed by atoms with Crippen LogP contribution in [0, 0.1) is 0 Å². The molecule has 1 aromatic heterocycles. The zero-order valence-corrected chi connectivity index (χ0v) is 15.8. The molecule has 3 saturated heterocycles. The summed E-state index contributed by atoms with van der Waals surface area (Å²) in [6, 6.07) is 2.01. The van der Waals surface area contributed by atoms with Gasteiger partial charge in [-0.1, -0.05) is 0 Å². The Labute approximate surface area is 151 Å². The predicted molar refractivity (Wildman–Crippen MR) is 98.7 cm³/mol. The molecule has 1 aromatic rings. The normalized spacial score (nSPS) is 31.0. The fourth-order valence-corrected chi connectivity index (χ4v) is 4.98. The number of piperazine rings is 1. The Kier molecular flexibility index (Phi) is 5.41. The average Bonchev–Trinajstić information content (AvgIpc) is 3.23. The van der Waals surface area contributed by atoms with Gasteiger partial charge in [-0.2, -0.15) is 5.10 Å². The summed E-state index contributed by atoms with van der Waals surface area (Å²) in [5.74, 6) is 0. The minimum Gasteiger partial charge on any atom is -0.381 e. The summed E-state index contributed by atoms with van der Waals surface area (Å²) in [4.78, 5) is 8.04. The maximum absolute atomic E-state index is 5.62. The summed E-state index contributed by atoms with van der Waals surface area (Å²) in [6.07, 6.45) is 9.08. The summed E-state index contributed by atoms with van der Waals surface area (Å²) < 4.78 is 7.55. The highest BCUT2D eigenvalue weighted by atomic mass is 16.5. The number of likely N-dealkylation sites (N-methyl/N-ethyl adjacent to an activating group) is 1. The lowest BCUT2D eigenvalue weighted by atomic mass is 9.97. The molecule has 0 radical (unpaired) electrons. The van der Waals surface area contributed by atoms with E-state index in [4.69, 9.17) is 4.74 Å². The van der Waals surface area contributed by atoms with Gasteiger partial charge >= 0.3 is 0 Å². The second kappa shape index (κ2) is 7.74. The number of ether oxygens (including phenoxy) is 1. The van der Waals surface area contributed by atoms with Crippen LogP contribution in [-0.4, -0.2) is 95.6 Å². The third-order valence-corrected chi connectivity index (χ3v) is 6.42. The van der Waals surface area contributed by atoms with Gasteiger partial charge in [-0.25, -0.2) is 0 Å². The van der Waals surface area contributed by atoms with Gasteiger partial charge in [-0.05, 0) is 38.3 Å². The van der Waals surface area contributed by atoms with E-state index >= 15 is 0 Å². The average molecular weight is 348 g/mol. The predicted octanol–water partition coefficient (Wildman–Crippen LogP) is 0.832. The Morgan fingerprint density at radius 3 is 2.48 bits per heavy atom. The standard InChI is InChI=1S/C19H33N5O/c1-21-7-9-23(10-8-21)18-3-6-24(17-4-11-25-12-5-17)19(18)13-16-14-20-22(2)15-16/h14-15,17-19H,3-13H2,1-2H3/t18-,19+/m1/s1. The zero-order valence-electron chi connectivity index (χ0n) is 15.8. The topological polar surface area (TPSA) is 36.8 Å².